The van der Waals surface area contributed by atoms with E-state index in [9.17, 15) is 19.7 Å². The van der Waals surface area contributed by atoms with Gasteiger partial charge in [-0.2, -0.15) is 0 Å². The van der Waals surface area contributed by atoms with E-state index in [1.54, 1.807) is 12.1 Å². The average Bonchev–Trinajstić information content (AvgIpc) is 3.22. The van der Waals surface area contributed by atoms with E-state index in [4.69, 9.17) is 0 Å². The Labute approximate surface area is 203 Å². The molecule has 3 heterocycles. The van der Waals surface area contributed by atoms with E-state index in [0.717, 1.165) is 61.1 Å². The van der Waals surface area contributed by atoms with E-state index in [2.05, 4.69) is 4.90 Å². The second-order valence-corrected chi connectivity index (χ2v) is 10.3. The van der Waals surface area contributed by atoms with Crippen molar-refractivity contribution in [1.82, 2.24) is 9.47 Å². The molecule has 0 unspecified atom stereocenters. The molecule has 0 atom stereocenters. The van der Waals surface area contributed by atoms with Crippen LogP contribution in [0.2, 0.25) is 0 Å². The molecule has 2 aromatic rings. The number of nitrogens with zero attached hydrogens (tertiary/aromatic N) is 4. The highest BCUT2D eigenvalue weighted by Gasteiger charge is 2.35. The summed E-state index contributed by atoms with van der Waals surface area (Å²) in [7, 11) is 0. The zero-order valence-corrected chi connectivity index (χ0v) is 20.9. The van der Waals surface area contributed by atoms with Gasteiger partial charge in [-0.05, 0) is 80.6 Å². The summed E-state index contributed by atoms with van der Waals surface area (Å²) in [6.07, 6.45) is 4.99. The highest BCUT2D eigenvalue weighted by Crippen LogP contribution is 2.36. The first-order valence-electron chi connectivity index (χ1n) is 11.7. The zero-order chi connectivity index (χ0) is 24.6. The van der Waals surface area contributed by atoms with Gasteiger partial charge < -0.3 is 9.47 Å². The van der Waals surface area contributed by atoms with Crippen molar-refractivity contribution >= 4 is 40.4 Å². The minimum atomic E-state index is -0.312. The minimum absolute atomic E-state index is 0.100. The lowest BCUT2D eigenvalue weighted by molar-refractivity contribution is -0.384. The molecule has 1 aromatic carbocycles. The number of hydrogen-bond acceptors (Lipinski definition) is 6. The first kappa shape index (κ1) is 24.1. The Morgan fingerprint density at radius 3 is 2.47 bits per heavy atom. The summed E-state index contributed by atoms with van der Waals surface area (Å²) < 4.78 is 1.96. The molecule has 0 N–H and O–H groups in total. The largest absolute Gasteiger partial charge is 0.366 e. The number of benzene rings is 1. The van der Waals surface area contributed by atoms with Crippen molar-refractivity contribution in [1.29, 1.82) is 0 Å². The van der Waals surface area contributed by atoms with Crippen LogP contribution in [0.15, 0.2) is 29.2 Å². The van der Waals surface area contributed by atoms with Crippen LogP contribution in [0.5, 0.6) is 0 Å². The van der Waals surface area contributed by atoms with E-state index >= 15 is 0 Å². The molecule has 0 spiro atoms. The molecule has 0 aliphatic carbocycles. The summed E-state index contributed by atoms with van der Waals surface area (Å²) in [5, 5.41) is 11.7. The zero-order valence-electron chi connectivity index (χ0n) is 20.0. The highest BCUT2D eigenvalue weighted by molar-refractivity contribution is 8.18. The Hall–Kier alpha value is -3.07. The number of piperidine rings is 1. The third kappa shape index (κ3) is 4.61. The van der Waals surface area contributed by atoms with Gasteiger partial charge in [-0.15, -0.1) is 0 Å². The number of rotatable bonds is 6. The number of nitro groups is 1. The van der Waals surface area contributed by atoms with Gasteiger partial charge in [0.1, 0.15) is 5.69 Å². The monoisotopic (exact) mass is 482 g/mol. The maximum atomic E-state index is 12.8. The van der Waals surface area contributed by atoms with Gasteiger partial charge in [-0.25, -0.2) is 0 Å². The smallest absolute Gasteiger partial charge is 0.294 e. The van der Waals surface area contributed by atoms with Gasteiger partial charge in [0.05, 0.1) is 15.5 Å². The van der Waals surface area contributed by atoms with E-state index in [1.165, 1.54) is 4.90 Å². The van der Waals surface area contributed by atoms with Crippen LogP contribution in [-0.4, -0.2) is 45.2 Å². The van der Waals surface area contributed by atoms with Crippen molar-refractivity contribution in [2.24, 2.45) is 5.92 Å². The maximum Gasteiger partial charge on any atom is 0.294 e. The third-order valence-electron chi connectivity index (χ3n) is 6.29. The number of thioether (sulfide) groups is 1. The van der Waals surface area contributed by atoms with Crippen LogP contribution >= 0.6 is 11.8 Å². The highest BCUT2D eigenvalue weighted by atomic mass is 32.2. The Kier molecular flexibility index (Phi) is 6.84. The summed E-state index contributed by atoms with van der Waals surface area (Å²) >= 11 is 0.957. The van der Waals surface area contributed by atoms with Gasteiger partial charge in [0.15, 0.2) is 0 Å². The van der Waals surface area contributed by atoms with Crippen molar-refractivity contribution in [3.05, 3.63) is 56.2 Å². The van der Waals surface area contributed by atoms with Crippen LogP contribution in [-0.2, 0) is 4.79 Å². The van der Waals surface area contributed by atoms with E-state index < -0.39 is 0 Å². The summed E-state index contributed by atoms with van der Waals surface area (Å²) in [5.41, 5.74) is 4.03. The van der Waals surface area contributed by atoms with Crippen LogP contribution in [0.25, 0.3) is 11.8 Å². The van der Waals surface area contributed by atoms with Crippen molar-refractivity contribution in [3.8, 4) is 5.69 Å². The number of amides is 2. The van der Waals surface area contributed by atoms with E-state index in [1.807, 2.05) is 50.5 Å². The summed E-state index contributed by atoms with van der Waals surface area (Å²) in [6, 6.07) is 7.33. The first-order valence-corrected chi connectivity index (χ1v) is 12.5. The number of aryl methyl sites for hydroxylation is 1. The number of carbonyl (C=O) groups is 2. The van der Waals surface area contributed by atoms with Gasteiger partial charge in [0.25, 0.3) is 16.8 Å². The number of imide groups is 1. The predicted molar refractivity (Wildman–Crippen MR) is 135 cm³/mol. The Balaban J connectivity index is 1.68. The molecule has 1 aromatic heterocycles. The fourth-order valence-corrected chi connectivity index (χ4v) is 5.53. The standard InChI is InChI=1S/C25H30N4O4S/c1-16(2)15-27-24(30)23(34-25(27)31)13-19-12-17(3)28(18(19)4)20-8-9-21(22(14-20)29(32)33)26-10-6-5-7-11-26/h8-9,12-14,16H,5-7,10-11,15H2,1-4H3/b23-13-. The molecular weight excluding hydrogens is 452 g/mol. The molecule has 2 aliphatic rings. The topological polar surface area (TPSA) is 88.7 Å². The molecule has 8 nitrogen and oxygen atoms in total. The molecule has 0 saturated carbocycles. The number of hydrogen-bond donors (Lipinski definition) is 0. The van der Waals surface area contributed by atoms with Crippen LogP contribution in [0.4, 0.5) is 16.2 Å². The lowest BCUT2D eigenvalue weighted by atomic mass is 10.1. The molecule has 2 fully saturated rings. The second kappa shape index (κ2) is 9.66. The molecule has 2 aliphatic heterocycles. The minimum Gasteiger partial charge on any atom is -0.366 e. The number of nitro benzene ring substituents is 1. The van der Waals surface area contributed by atoms with Crippen LogP contribution in [0.3, 0.4) is 0 Å². The molecule has 9 heteroatoms. The quantitative estimate of drug-likeness (QED) is 0.299. The van der Waals surface area contributed by atoms with Crippen molar-refractivity contribution < 1.29 is 14.5 Å². The van der Waals surface area contributed by atoms with Gasteiger partial charge >= 0.3 is 0 Å². The molecule has 2 saturated heterocycles. The SMILES string of the molecule is Cc1cc(/C=C2\SC(=O)N(CC(C)C)C2=O)c(C)n1-c1ccc(N2CCCCC2)c([N+](=O)[O-])c1. The predicted octanol–water partition coefficient (Wildman–Crippen LogP) is 5.68. The average molecular weight is 483 g/mol. The number of carbonyl (C=O) groups excluding carboxylic acids is 2. The second-order valence-electron chi connectivity index (χ2n) is 9.33. The molecule has 4 rings (SSSR count). The van der Waals surface area contributed by atoms with Crippen LogP contribution < -0.4 is 4.90 Å². The van der Waals surface area contributed by atoms with Crippen molar-refractivity contribution in [2.45, 2.75) is 47.0 Å². The number of aromatic nitrogens is 1. The Bertz CT molecular complexity index is 1180. The van der Waals surface area contributed by atoms with Gasteiger partial charge in [-0.1, -0.05) is 13.8 Å². The van der Waals surface area contributed by atoms with Crippen molar-refractivity contribution in [2.75, 3.05) is 24.5 Å². The Morgan fingerprint density at radius 1 is 1.12 bits per heavy atom. The van der Waals surface area contributed by atoms with Gasteiger partial charge in [0.2, 0.25) is 0 Å². The van der Waals surface area contributed by atoms with E-state index in [0.29, 0.717) is 22.8 Å². The van der Waals surface area contributed by atoms with Crippen LogP contribution in [0, 0.1) is 29.9 Å². The van der Waals surface area contributed by atoms with Gasteiger partial charge in [-0.3, -0.25) is 24.6 Å². The summed E-state index contributed by atoms with van der Waals surface area (Å²) in [6.45, 7) is 9.84. The lowest BCUT2D eigenvalue weighted by Gasteiger charge is -2.28. The number of anilines is 1. The fourth-order valence-electron chi connectivity index (χ4n) is 4.69. The van der Waals surface area contributed by atoms with Crippen molar-refractivity contribution in [3.63, 3.8) is 0 Å². The summed E-state index contributed by atoms with van der Waals surface area (Å²) in [4.78, 5) is 40.5. The molecule has 180 valence electrons. The normalized spacial score (nSPS) is 18.0. The Morgan fingerprint density at radius 2 is 1.82 bits per heavy atom. The molecule has 2 amide bonds. The molecule has 0 bridgehead atoms. The first-order chi connectivity index (χ1) is 16.2. The lowest BCUT2D eigenvalue weighted by Crippen LogP contribution is -2.31. The van der Waals surface area contributed by atoms with Gasteiger partial charge in [0, 0.05) is 37.1 Å². The summed E-state index contributed by atoms with van der Waals surface area (Å²) in [5.74, 6) is -0.0726. The van der Waals surface area contributed by atoms with Crippen LogP contribution in [0.1, 0.15) is 50.1 Å². The maximum absolute atomic E-state index is 12.8. The molecule has 34 heavy (non-hydrogen) atoms. The van der Waals surface area contributed by atoms with E-state index in [-0.39, 0.29) is 27.7 Å². The molecular formula is C25H30N4O4S. The third-order valence-corrected chi connectivity index (χ3v) is 7.20. The molecule has 0 radical (unpaired) electrons. The fraction of sp³-hybridized carbons (Fsp3) is 0.440.